The van der Waals surface area contributed by atoms with Crippen molar-refractivity contribution in [3.8, 4) is 0 Å². The number of aromatic nitrogens is 1. The SMILES string of the molecule is CN1CCC[C@@H]1Cc1c[nH]c2ccc(Br)cc12.O=C(O)CCC(=O)O. The number of rotatable bonds is 5. The predicted molar refractivity (Wildman–Crippen MR) is 99.9 cm³/mol. The molecule has 25 heavy (non-hydrogen) atoms. The summed E-state index contributed by atoms with van der Waals surface area (Å²) >= 11 is 3.55. The van der Waals surface area contributed by atoms with Crippen LogP contribution in [0.3, 0.4) is 0 Å². The highest BCUT2D eigenvalue weighted by atomic mass is 79.9. The van der Waals surface area contributed by atoms with E-state index < -0.39 is 11.9 Å². The van der Waals surface area contributed by atoms with Crippen LogP contribution in [-0.4, -0.2) is 51.7 Å². The lowest BCUT2D eigenvalue weighted by Gasteiger charge is -2.18. The largest absolute Gasteiger partial charge is 0.481 e. The van der Waals surface area contributed by atoms with Gasteiger partial charge in [0.15, 0.2) is 0 Å². The third-order valence-electron chi connectivity index (χ3n) is 4.41. The molecule has 3 rings (SSSR count). The molecule has 1 atom stereocenters. The number of hydrogen-bond donors (Lipinski definition) is 3. The van der Waals surface area contributed by atoms with Crippen molar-refractivity contribution in [2.24, 2.45) is 0 Å². The Kier molecular flexibility index (Phi) is 7.01. The van der Waals surface area contributed by atoms with Crippen molar-refractivity contribution < 1.29 is 19.8 Å². The summed E-state index contributed by atoms with van der Waals surface area (Å²) in [6, 6.07) is 7.16. The molecule has 1 aromatic carbocycles. The molecule has 2 aromatic rings. The summed E-state index contributed by atoms with van der Waals surface area (Å²) in [6.45, 7) is 1.25. The number of H-pyrrole nitrogens is 1. The summed E-state index contributed by atoms with van der Waals surface area (Å²) in [5.74, 6) is -2.15. The molecule has 0 aliphatic carbocycles. The second-order valence-electron chi connectivity index (χ2n) is 6.27. The fourth-order valence-electron chi connectivity index (χ4n) is 3.02. The topological polar surface area (TPSA) is 93.6 Å². The monoisotopic (exact) mass is 410 g/mol. The van der Waals surface area contributed by atoms with Gasteiger partial charge in [-0.25, -0.2) is 0 Å². The van der Waals surface area contributed by atoms with Crippen LogP contribution in [0.2, 0.25) is 0 Å². The number of aromatic amines is 1. The molecule has 2 heterocycles. The van der Waals surface area contributed by atoms with E-state index >= 15 is 0 Å². The molecule has 1 fully saturated rings. The molecule has 0 spiro atoms. The van der Waals surface area contributed by atoms with Crippen molar-refractivity contribution in [2.45, 2.75) is 38.1 Å². The van der Waals surface area contributed by atoms with Crippen LogP contribution in [0.25, 0.3) is 10.9 Å². The fraction of sp³-hybridized carbons (Fsp3) is 0.444. The van der Waals surface area contributed by atoms with Gasteiger partial charge in [-0.05, 0) is 56.6 Å². The van der Waals surface area contributed by atoms with Crippen LogP contribution in [0.1, 0.15) is 31.2 Å². The Hall–Kier alpha value is -1.86. The quantitative estimate of drug-likeness (QED) is 0.700. The fourth-order valence-corrected chi connectivity index (χ4v) is 3.39. The second kappa shape index (κ2) is 9.01. The zero-order valence-electron chi connectivity index (χ0n) is 14.2. The normalized spacial score (nSPS) is 17.3. The molecule has 1 aliphatic rings. The van der Waals surface area contributed by atoms with E-state index in [0.29, 0.717) is 6.04 Å². The van der Waals surface area contributed by atoms with Crippen LogP contribution >= 0.6 is 15.9 Å². The van der Waals surface area contributed by atoms with Crippen molar-refractivity contribution in [3.05, 3.63) is 34.4 Å². The Balaban J connectivity index is 0.000000242. The summed E-state index contributed by atoms with van der Waals surface area (Å²) in [5, 5.41) is 17.2. The number of carbonyl (C=O) groups is 2. The first-order valence-corrected chi connectivity index (χ1v) is 9.05. The summed E-state index contributed by atoms with van der Waals surface area (Å²) in [4.78, 5) is 25.1. The molecule has 3 N–H and O–H groups in total. The molecule has 0 saturated carbocycles. The van der Waals surface area contributed by atoms with Gasteiger partial charge in [0.2, 0.25) is 0 Å². The maximum atomic E-state index is 9.64. The molecule has 0 radical (unpaired) electrons. The Morgan fingerprint density at radius 1 is 1.28 bits per heavy atom. The number of likely N-dealkylation sites (N-methyl/N-ethyl adjacent to an activating group) is 1. The molecule has 7 heteroatoms. The Morgan fingerprint density at radius 2 is 1.96 bits per heavy atom. The van der Waals surface area contributed by atoms with Crippen molar-refractivity contribution in [2.75, 3.05) is 13.6 Å². The van der Waals surface area contributed by atoms with Gasteiger partial charge in [0.1, 0.15) is 0 Å². The van der Waals surface area contributed by atoms with E-state index in [-0.39, 0.29) is 12.8 Å². The van der Waals surface area contributed by atoms with Crippen LogP contribution < -0.4 is 0 Å². The predicted octanol–water partition coefficient (Wildman–Crippen LogP) is 3.50. The van der Waals surface area contributed by atoms with Crippen LogP contribution in [0.15, 0.2) is 28.9 Å². The van der Waals surface area contributed by atoms with E-state index in [1.807, 2.05) is 0 Å². The number of hydrogen-bond acceptors (Lipinski definition) is 3. The molecular formula is C18H23BrN2O4. The first kappa shape index (κ1) is 19.5. The summed E-state index contributed by atoms with van der Waals surface area (Å²) < 4.78 is 1.16. The van der Waals surface area contributed by atoms with E-state index in [4.69, 9.17) is 10.2 Å². The van der Waals surface area contributed by atoms with E-state index in [0.717, 1.165) is 10.9 Å². The lowest BCUT2D eigenvalue weighted by molar-refractivity contribution is -0.143. The Morgan fingerprint density at radius 3 is 2.52 bits per heavy atom. The molecule has 1 aliphatic heterocycles. The van der Waals surface area contributed by atoms with E-state index in [9.17, 15) is 9.59 Å². The first-order chi connectivity index (χ1) is 11.9. The highest BCUT2D eigenvalue weighted by Crippen LogP contribution is 2.26. The molecule has 0 bridgehead atoms. The van der Waals surface area contributed by atoms with Gasteiger partial charge < -0.3 is 20.1 Å². The number of carboxylic acid groups (broad SMARTS) is 2. The Bertz CT molecular complexity index is 730. The van der Waals surface area contributed by atoms with Crippen LogP contribution in [0.5, 0.6) is 0 Å². The third kappa shape index (κ3) is 5.86. The average Bonchev–Trinajstić information content (AvgIpc) is 3.13. The minimum Gasteiger partial charge on any atom is -0.481 e. The summed E-state index contributed by atoms with van der Waals surface area (Å²) in [6.07, 6.45) is 5.41. The minimum atomic E-state index is -1.08. The van der Waals surface area contributed by atoms with Crippen LogP contribution in [-0.2, 0) is 16.0 Å². The maximum Gasteiger partial charge on any atom is 0.303 e. The molecule has 136 valence electrons. The number of halogens is 1. The minimum absolute atomic E-state index is 0.296. The average molecular weight is 411 g/mol. The van der Waals surface area contributed by atoms with Gasteiger partial charge in [-0.1, -0.05) is 15.9 Å². The van der Waals surface area contributed by atoms with Gasteiger partial charge >= 0.3 is 11.9 Å². The Labute approximate surface area is 155 Å². The van der Waals surface area contributed by atoms with E-state index in [1.165, 1.54) is 35.9 Å². The molecule has 0 unspecified atom stereocenters. The second-order valence-corrected chi connectivity index (χ2v) is 7.19. The highest BCUT2D eigenvalue weighted by molar-refractivity contribution is 9.10. The van der Waals surface area contributed by atoms with Gasteiger partial charge in [-0.15, -0.1) is 0 Å². The number of likely N-dealkylation sites (tertiary alicyclic amines) is 1. The van der Waals surface area contributed by atoms with E-state index in [2.05, 4.69) is 57.3 Å². The van der Waals surface area contributed by atoms with Gasteiger partial charge in [0.05, 0.1) is 12.8 Å². The molecule has 1 aromatic heterocycles. The number of aliphatic carboxylic acids is 2. The summed E-state index contributed by atoms with van der Waals surface area (Å²) in [5.41, 5.74) is 2.68. The van der Waals surface area contributed by atoms with Gasteiger partial charge in [-0.2, -0.15) is 0 Å². The van der Waals surface area contributed by atoms with Crippen molar-refractivity contribution >= 4 is 38.8 Å². The number of nitrogens with one attached hydrogen (secondary N) is 1. The third-order valence-corrected chi connectivity index (χ3v) is 4.90. The highest BCUT2D eigenvalue weighted by Gasteiger charge is 2.22. The first-order valence-electron chi connectivity index (χ1n) is 8.26. The number of fused-ring (bicyclic) bond motifs is 1. The molecule has 1 saturated heterocycles. The zero-order valence-corrected chi connectivity index (χ0v) is 15.8. The summed E-state index contributed by atoms with van der Waals surface area (Å²) in [7, 11) is 2.24. The smallest absolute Gasteiger partial charge is 0.303 e. The standard InChI is InChI=1S/C14H17BrN2.C4H6O4/c1-17-6-2-3-12(17)7-10-9-16-14-5-4-11(15)8-13(10)14;5-3(6)1-2-4(7)8/h4-5,8-9,12,16H,2-3,6-7H2,1H3;1-2H2,(H,5,6)(H,7,8)/t12-;/m1./s1. The van der Waals surface area contributed by atoms with Crippen molar-refractivity contribution in [1.82, 2.24) is 9.88 Å². The van der Waals surface area contributed by atoms with Crippen molar-refractivity contribution in [3.63, 3.8) is 0 Å². The number of nitrogens with zero attached hydrogens (tertiary/aromatic N) is 1. The molecule has 6 nitrogen and oxygen atoms in total. The van der Waals surface area contributed by atoms with Gasteiger partial charge in [0, 0.05) is 27.6 Å². The van der Waals surface area contributed by atoms with Crippen LogP contribution in [0.4, 0.5) is 0 Å². The number of benzene rings is 1. The van der Waals surface area contributed by atoms with Crippen LogP contribution in [0, 0.1) is 0 Å². The van der Waals surface area contributed by atoms with Gasteiger partial charge in [-0.3, -0.25) is 9.59 Å². The zero-order chi connectivity index (χ0) is 18.4. The lowest BCUT2D eigenvalue weighted by Crippen LogP contribution is -2.26. The van der Waals surface area contributed by atoms with E-state index in [1.54, 1.807) is 0 Å². The lowest BCUT2D eigenvalue weighted by atomic mass is 10.0. The molecular weight excluding hydrogens is 388 g/mol. The number of carboxylic acids is 2. The molecule has 0 amide bonds. The van der Waals surface area contributed by atoms with Crippen molar-refractivity contribution in [1.29, 1.82) is 0 Å². The van der Waals surface area contributed by atoms with Gasteiger partial charge in [0.25, 0.3) is 0 Å². The maximum absolute atomic E-state index is 9.64.